The molecule has 0 atom stereocenters. The van der Waals surface area contributed by atoms with E-state index >= 15 is 0 Å². The van der Waals surface area contributed by atoms with E-state index in [-0.39, 0.29) is 5.78 Å². The maximum absolute atomic E-state index is 13.1. The van der Waals surface area contributed by atoms with Crippen LogP contribution in [0, 0.1) is 6.92 Å². The van der Waals surface area contributed by atoms with Crippen LogP contribution in [0.5, 0.6) is 0 Å². The fraction of sp³-hybridized carbons (Fsp3) is 0.0455. The summed E-state index contributed by atoms with van der Waals surface area (Å²) in [6.07, 6.45) is 6.33. The van der Waals surface area contributed by atoms with Crippen molar-refractivity contribution in [2.75, 3.05) is 4.72 Å². The topological polar surface area (TPSA) is 68.0 Å². The normalized spacial score (nSPS) is 10.7. The van der Waals surface area contributed by atoms with Crippen LogP contribution in [0.1, 0.15) is 21.5 Å². The van der Waals surface area contributed by atoms with Crippen LogP contribution in [0.25, 0.3) is 11.3 Å². The van der Waals surface area contributed by atoms with Crippen LogP contribution in [0.3, 0.4) is 0 Å². The third-order valence-corrected chi connectivity index (χ3v) is 5.42. The van der Waals surface area contributed by atoms with E-state index in [9.17, 15) is 4.79 Å². The van der Waals surface area contributed by atoms with Gasteiger partial charge in [0.25, 0.3) is 0 Å². The van der Waals surface area contributed by atoms with E-state index in [0.29, 0.717) is 27.6 Å². The summed E-state index contributed by atoms with van der Waals surface area (Å²) in [7, 11) is 0. The zero-order chi connectivity index (χ0) is 20.2. The summed E-state index contributed by atoms with van der Waals surface area (Å²) in [5.41, 5.74) is 3.55. The molecule has 7 heteroatoms. The molecule has 0 aliphatic heterocycles. The molecule has 4 aromatic rings. The molecule has 0 radical (unpaired) electrons. The van der Waals surface area contributed by atoms with E-state index in [0.717, 1.165) is 16.0 Å². The van der Waals surface area contributed by atoms with E-state index < -0.39 is 0 Å². The third kappa shape index (κ3) is 4.34. The first kappa shape index (κ1) is 19.2. The average Bonchev–Trinajstić information content (AvgIpc) is 3.28. The number of nitrogens with zero attached hydrogens (tertiary/aromatic N) is 2. The minimum absolute atomic E-state index is 0.123. The van der Waals surface area contributed by atoms with E-state index in [1.807, 2.05) is 37.3 Å². The molecule has 0 spiro atoms. The number of benzene rings is 2. The molecule has 0 saturated carbocycles. The molecule has 5 nitrogen and oxygen atoms in total. The van der Waals surface area contributed by atoms with E-state index in [2.05, 4.69) is 14.7 Å². The zero-order valence-corrected chi connectivity index (χ0v) is 17.0. The molecule has 2 aromatic heterocycles. The Morgan fingerprint density at radius 1 is 1.03 bits per heavy atom. The Kier molecular flexibility index (Phi) is 5.64. The van der Waals surface area contributed by atoms with Gasteiger partial charge in [-0.2, -0.15) is 0 Å². The van der Waals surface area contributed by atoms with Crippen molar-refractivity contribution >= 4 is 35.0 Å². The van der Waals surface area contributed by atoms with Crippen molar-refractivity contribution in [2.45, 2.75) is 11.8 Å². The number of halogens is 1. The summed E-state index contributed by atoms with van der Waals surface area (Å²) >= 11 is 7.56. The molecule has 2 heterocycles. The van der Waals surface area contributed by atoms with Crippen LogP contribution in [0.4, 0.5) is 5.69 Å². The predicted molar refractivity (Wildman–Crippen MR) is 115 cm³/mol. The molecule has 0 saturated heterocycles. The van der Waals surface area contributed by atoms with E-state index in [1.165, 1.54) is 18.3 Å². The Morgan fingerprint density at radius 3 is 2.59 bits per heavy atom. The molecule has 0 unspecified atom stereocenters. The third-order valence-electron chi connectivity index (χ3n) is 4.36. The fourth-order valence-corrected chi connectivity index (χ4v) is 3.65. The summed E-state index contributed by atoms with van der Waals surface area (Å²) in [4.78, 5) is 22.1. The maximum atomic E-state index is 13.1. The van der Waals surface area contributed by atoms with Crippen molar-refractivity contribution in [1.29, 1.82) is 0 Å². The number of ketones is 1. The van der Waals surface area contributed by atoms with Crippen LogP contribution in [0.15, 0.2) is 82.8 Å². The molecular weight excluding hydrogens is 406 g/mol. The second-order valence-corrected chi connectivity index (χ2v) is 7.62. The molecule has 144 valence electrons. The van der Waals surface area contributed by atoms with Crippen LogP contribution in [-0.4, -0.2) is 15.8 Å². The Bertz CT molecular complexity index is 1150. The SMILES string of the molecule is Cc1ccncc1C(=O)c1cc(Cl)ccc1NSc1ccc(-c2cnco2)cc1. The largest absolute Gasteiger partial charge is 0.444 e. The Morgan fingerprint density at radius 2 is 1.86 bits per heavy atom. The summed E-state index contributed by atoms with van der Waals surface area (Å²) < 4.78 is 8.57. The van der Waals surface area contributed by atoms with Crippen LogP contribution in [0.2, 0.25) is 5.02 Å². The van der Waals surface area contributed by atoms with Gasteiger partial charge < -0.3 is 9.14 Å². The summed E-state index contributed by atoms with van der Waals surface area (Å²) in [5, 5.41) is 0.502. The van der Waals surface area contributed by atoms with E-state index in [4.69, 9.17) is 16.0 Å². The van der Waals surface area contributed by atoms with Crippen LogP contribution in [-0.2, 0) is 0 Å². The van der Waals surface area contributed by atoms with Gasteiger partial charge in [0.1, 0.15) is 0 Å². The molecule has 0 amide bonds. The lowest BCUT2D eigenvalue weighted by Crippen LogP contribution is -2.07. The smallest absolute Gasteiger partial charge is 0.197 e. The highest BCUT2D eigenvalue weighted by molar-refractivity contribution is 8.00. The standard InChI is InChI=1S/C22H16ClN3O2S/c1-14-8-9-24-11-19(14)22(27)18-10-16(23)4-7-20(18)26-29-17-5-2-15(3-6-17)21-12-25-13-28-21/h2-13,26H,1H3. The number of oxazole rings is 1. The predicted octanol–water partition coefficient (Wildman–Crippen LogP) is 6.05. The second kappa shape index (κ2) is 8.51. The van der Waals surface area contributed by atoms with Crippen molar-refractivity contribution in [3.05, 3.63) is 95.2 Å². The van der Waals surface area contributed by atoms with Gasteiger partial charge in [0.05, 0.1) is 11.9 Å². The number of carbonyl (C=O) groups is 1. The highest BCUT2D eigenvalue weighted by atomic mass is 35.5. The summed E-state index contributed by atoms with van der Waals surface area (Å²) in [6.45, 7) is 1.89. The summed E-state index contributed by atoms with van der Waals surface area (Å²) in [5.74, 6) is 0.591. The molecule has 0 fully saturated rings. The minimum atomic E-state index is -0.123. The second-order valence-electron chi connectivity index (χ2n) is 6.30. The lowest BCUT2D eigenvalue weighted by Gasteiger charge is -2.12. The number of hydrogen-bond donors (Lipinski definition) is 1. The lowest BCUT2D eigenvalue weighted by molar-refractivity contribution is 0.103. The highest BCUT2D eigenvalue weighted by Gasteiger charge is 2.17. The lowest BCUT2D eigenvalue weighted by atomic mass is 10.00. The molecule has 4 rings (SSSR count). The van der Waals surface area contributed by atoms with Crippen molar-refractivity contribution < 1.29 is 9.21 Å². The molecular formula is C22H16ClN3O2S. The zero-order valence-electron chi connectivity index (χ0n) is 15.4. The molecule has 0 aliphatic carbocycles. The Balaban J connectivity index is 1.55. The monoisotopic (exact) mass is 421 g/mol. The number of rotatable bonds is 6. The molecule has 1 N–H and O–H groups in total. The van der Waals surface area contributed by atoms with Gasteiger partial charge in [0.2, 0.25) is 0 Å². The van der Waals surface area contributed by atoms with E-state index in [1.54, 1.807) is 36.8 Å². The van der Waals surface area contributed by atoms with Crippen LogP contribution < -0.4 is 4.72 Å². The first-order chi connectivity index (χ1) is 14.1. The van der Waals surface area contributed by atoms with Gasteiger partial charge in [-0.15, -0.1) is 0 Å². The van der Waals surface area contributed by atoms with Gasteiger partial charge in [-0.3, -0.25) is 9.78 Å². The molecule has 29 heavy (non-hydrogen) atoms. The highest BCUT2D eigenvalue weighted by Crippen LogP contribution is 2.30. The van der Waals surface area contributed by atoms with Gasteiger partial charge in [-0.1, -0.05) is 23.7 Å². The van der Waals surface area contributed by atoms with Crippen LogP contribution >= 0.6 is 23.5 Å². The number of hydrogen-bond acceptors (Lipinski definition) is 6. The maximum Gasteiger partial charge on any atom is 0.197 e. The fourth-order valence-electron chi connectivity index (χ4n) is 2.80. The van der Waals surface area contributed by atoms with Crippen molar-refractivity contribution in [2.24, 2.45) is 0 Å². The first-order valence-electron chi connectivity index (χ1n) is 8.78. The van der Waals surface area contributed by atoms with Crippen molar-refractivity contribution in [1.82, 2.24) is 9.97 Å². The van der Waals surface area contributed by atoms with Gasteiger partial charge in [-0.25, -0.2) is 4.98 Å². The van der Waals surface area contributed by atoms with Gasteiger partial charge in [0.15, 0.2) is 17.9 Å². The number of anilines is 1. The molecule has 2 aromatic carbocycles. The quantitative estimate of drug-likeness (QED) is 0.302. The molecule has 0 bridgehead atoms. The Labute approximate surface area is 177 Å². The number of aryl methyl sites for hydroxylation is 1. The number of pyridine rings is 1. The van der Waals surface area contributed by atoms with Crippen molar-refractivity contribution in [3.63, 3.8) is 0 Å². The average molecular weight is 422 g/mol. The minimum Gasteiger partial charge on any atom is -0.444 e. The number of nitrogens with one attached hydrogen (secondary N) is 1. The van der Waals surface area contributed by atoms with Crippen molar-refractivity contribution in [3.8, 4) is 11.3 Å². The van der Waals surface area contributed by atoms with Gasteiger partial charge in [-0.05, 0) is 60.8 Å². The van der Waals surface area contributed by atoms with Gasteiger partial charge >= 0.3 is 0 Å². The molecule has 0 aliphatic rings. The number of carbonyl (C=O) groups excluding carboxylic acids is 1. The Hall–Kier alpha value is -3.09. The number of aromatic nitrogens is 2. The van der Waals surface area contributed by atoms with Gasteiger partial charge in [0, 0.05) is 39.0 Å². The summed E-state index contributed by atoms with van der Waals surface area (Å²) in [6, 6.07) is 14.9. The first-order valence-corrected chi connectivity index (χ1v) is 9.98.